The SMILES string of the molecule is C=N/C(=C\N=C/C)c1ccc(C(NC(=O)N(C)C2CCN(C)CC2)C(=O)OC)c(Cl)c1Cl. The van der Waals surface area contributed by atoms with Crippen molar-refractivity contribution in [1.29, 1.82) is 0 Å². The molecule has 2 amide bonds. The predicted molar refractivity (Wildman–Crippen MR) is 130 cm³/mol. The number of amides is 2. The van der Waals surface area contributed by atoms with Crippen molar-refractivity contribution < 1.29 is 14.3 Å². The molecule has 0 radical (unpaired) electrons. The average molecular weight is 482 g/mol. The van der Waals surface area contributed by atoms with Gasteiger partial charge in [0.1, 0.15) is 0 Å². The van der Waals surface area contributed by atoms with Gasteiger partial charge in [-0.25, -0.2) is 9.59 Å². The molecule has 1 aliphatic heterocycles. The second-order valence-corrected chi connectivity index (χ2v) is 8.22. The van der Waals surface area contributed by atoms with E-state index in [0.29, 0.717) is 16.8 Å². The number of carbonyl (C=O) groups is 2. The molecule has 1 N–H and O–H groups in total. The second-order valence-electron chi connectivity index (χ2n) is 7.46. The summed E-state index contributed by atoms with van der Waals surface area (Å²) in [7, 11) is 5.02. The van der Waals surface area contributed by atoms with Crippen LogP contribution in [0.3, 0.4) is 0 Å². The number of esters is 1. The molecule has 1 unspecified atom stereocenters. The maximum absolute atomic E-state index is 12.9. The lowest BCUT2D eigenvalue weighted by atomic mass is 10.0. The topological polar surface area (TPSA) is 86.6 Å². The zero-order valence-corrected chi connectivity index (χ0v) is 20.3. The van der Waals surface area contributed by atoms with E-state index in [0.717, 1.165) is 25.9 Å². The minimum absolute atomic E-state index is 0.0800. The predicted octanol–water partition coefficient (Wildman–Crippen LogP) is 4.03. The van der Waals surface area contributed by atoms with Crippen molar-refractivity contribution in [2.75, 3.05) is 34.3 Å². The van der Waals surface area contributed by atoms with Gasteiger partial charge >= 0.3 is 12.0 Å². The summed E-state index contributed by atoms with van der Waals surface area (Å²) in [5.74, 6) is -0.658. The summed E-state index contributed by atoms with van der Waals surface area (Å²) in [5.41, 5.74) is 1.24. The largest absolute Gasteiger partial charge is 0.467 e. The number of benzene rings is 1. The number of aliphatic imine (C=N–C) groups is 2. The highest BCUT2D eigenvalue weighted by Crippen LogP contribution is 2.37. The lowest BCUT2D eigenvalue weighted by molar-refractivity contribution is -0.143. The molecule has 2 rings (SSSR count). The first-order chi connectivity index (χ1) is 15.2. The molecule has 1 fully saturated rings. The number of nitrogens with zero attached hydrogens (tertiary/aromatic N) is 4. The first kappa shape index (κ1) is 25.8. The number of rotatable bonds is 7. The Labute approximate surface area is 198 Å². The molecular weight excluding hydrogens is 453 g/mol. The van der Waals surface area contributed by atoms with Crippen LogP contribution < -0.4 is 5.32 Å². The molecule has 1 saturated heterocycles. The van der Waals surface area contributed by atoms with Gasteiger partial charge < -0.3 is 19.9 Å². The van der Waals surface area contributed by atoms with Crippen LogP contribution in [0.15, 0.2) is 28.3 Å². The number of methoxy groups -OCH3 is 1. The van der Waals surface area contributed by atoms with Crippen LogP contribution in [0, 0.1) is 0 Å². The fourth-order valence-corrected chi connectivity index (χ4v) is 4.02. The lowest BCUT2D eigenvalue weighted by Crippen LogP contribution is -2.49. The van der Waals surface area contributed by atoms with Crippen LogP contribution >= 0.6 is 23.2 Å². The summed E-state index contributed by atoms with van der Waals surface area (Å²) in [6.07, 6.45) is 4.81. The fraction of sp³-hybridized carbons (Fsp3) is 0.455. The summed E-state index contributed by atoms with van der Waals surface area (Å²) in [4.78, 5) is 37.3. The van der Waals surface area contributed by atoms with E-state index in [1.165, 1.54) is 13.3 Å². The van der Waals surface area contributed by atoms with Gasteiger partial charge in [0.15, 0.2) is 6.04 Å². The second kappa shape index (κ2) is 12.0. The third-order valence-electron chi connectivity index (χ3n) is 5.48. The van der Waals surface area contributed by atoms with E-state index in [-0.39, 0.29) is 16.1 Å². The van der Waals surface area contributed by atoms with Crippen molar-refractivity contribution in [3.8, 4) is 0 Å². The van der Waals surface area contributed by atoms with E-state index in [9.17, 15) is 9.59 Å². The standard InChI is InChI=1S/C22H29Cl2N5O3/c1-6-26-13-17(25-2)15-7-8-16(19(24)18(15)23)20(21(30)32-5)27-22(31)29(4)14-9-11-28(3)12-10-14/h6-8,13-14,20H,2,9-12H2,1,3-5H3,(H,27,31)/b17-13-,26-6-. The number of halogens is 2. The van der Waals surface area contributed by atoms with Gasteiger partial charge in [-0.15, -0.1) is 0 Å². The summed E-state index contributed by atoms with van der Waals surface area (Å²) in [5, 5.41) is 3.01. The van der Waals surface area contributed by atoms with Gasteiger partial charge in [-0.05, 0) is 46.6 Å². The molecule has 0 aliphatic carbocycles. The van der Waals surface area contributed by atoms with Crippen molar-refractivity contribution in [2.45, 2.75) is 31.8 Å². The minimum Gasteiger partial charge on any atom is -0.467 e. The van der Waals surface area contributed by atoms with E-state index >= 15 is 0 Å². The van der Waals surface area contributed by atoms with Crippen LogP contribution in [-0.2, 0) is 9.53 Å². The van der Waals surface area contributed by atoms with E-state index in [4.69, 9.17) is 27.9 Å². The molecule has 0 bridgehead atoms. The highest BCUT2D eigenvalue weighted by Gasteiger charge is 2.31. The highest BCUT2D eigenvalue weighted by atomic mass is 35.5. The van der Waals surface area contributed by atoms with Crippen LogP contribution in [0.4, 0.5) is 4.79 Å². The van der Waals surface area contributed by atoms with Gasteiger partial charge in [-0.2, -0.15) is 0 Å². The van der Waals surface area contributed by atoms with Crippen LogP contribution in [0.1, 0.15) is 36.9 Å². The number of ether oxygens (including phenoxy) is 1. The zero-order valence-electron chi connectivity index (χ0n) is 18.8. The first-order valence-electron chi connectivity index (χ1n) is 10.2. The molecule has 1 atom stereocenters. The molecule has 32 heavy (non-hydrogen) atoms. The number of likely N-dealkylation sites (tertiary alicyclic amines) is 1. The lowest BCUT2D eigenvalue weighted by Gasteiger charge is -2.35. The molecule has 1 aromatic rings. The third kappa shape index (κ3) is 6.09. The Kier molecular flexibility index (Phi) is 9.68. The van der Waals surface area contributed by atoms with Crippen LogP contribution in [-0.4, -0.2) is 75.1 Å². The molecule has 0 aromatic heterocycles. The molecule has 1 aliphatic rings. The van der Waals surface area contributed by atoms with Crippen LogP contribution in [0.2, 0.25) is 10.0 Å². The normalized spacial score (nSPS) is 16.6. The van der Waals surface area contributed by atoms with Crippen LogP contribution in [0.5, 0.6) is 0 Å². The van der Waals surface area contributed by atoms with Crippen molar-refractivity contribution in [1.82, 2.24) is 15.1 Å². The van der Waals surface area contributed by atoms with E-state index in [2.05, 4.69) is 34.0 Å². The fourth-order valence-electron chi connectivity index (χ4n) is 3.48. The molecule has 1 heterocycles. The number of hydrogen-bond donors (Lipinski definition) is 1. The quantitative estimate of drug-likeness (QED) is 0.470. The van der Waals surface area contributed by atoms with Crippen molar-refractivity contribution in [2.24, 2.45) is 9.98 Å². The molecule has 174 valence electrons. The first-order valence-corrected chi connectivity index (χ1v) is 10.9. The van der Waals surface area contributed by atoms with Gasteiger partial charge in [0, 0.05) is 30.4 Å². The Morgan fingerprint density at radius 1 is 1.31 bits per heavy atom. The van der Waals surface area contributed by atoms with Crippen molar-refractivity contribution in [3.05, 3.63) is 39.5 Å². The van der Waals surface area contributed by atoms with Gasteiger partial charge in [0.2, 0.25) is 0 Å². The summed E-state index contributed by atoms with van der Waals surface area (Å²) < 4.78 is 4.91. The Morgan fingerprint density at radius 2 is 1.97 bits per heavy atom. The number of piperidine rings is 1. The minimum atomic E-state index is -1.13. The van der Waals surface area contributed by atoms with Gasteiger partial charge in [0.05, 0.1) is 29.1 Å². The maximum Gasteiger partial charge on any atom is 0.333 e. The Hall–Kier alpha value is -2.42. The number of nitrogens with one attached hydrogen (secondary N) is 1. The van der Waals surface area contributed by atoms with E-state index in [1.807, 2.05) is 0 Å². The molecule has 0 spiro atoms. The zero-order chi connectivity index (χ0) is 23.8. The van der Waals surface area contributed by atoms with Crippen molar-refractivity contribution in [3.63, 3.8) is 0 Å². The Balaban J connectivity index is 2.33. The van der Waals surface area contributed by atoms with Crippen molar-refractivity contribution >= 4 is 53.8 Å². The number of carbonyl (C=O) groups excluding carboxylic acids is 2. The number of urea groups is 1. The highest BCUT2D eigenvalue weighted by molar-refractivity contribution is 6.43. The molecule has 8 nitrogen and oxygen atoms in total. The smallest absolute Gasteiger partial charge is 0.333 e. The summed E-state index contributed by atoms with van der Waals surface area (Å²) >= 11 is 13.0. The van der Waals surface area contributed by atoms with Gasteiger partial charge in [-0.3, -0.25) is 9.98 Å². The third-order valence-corrected chi connectivity index (χ3v) is 6.37. The number of hydrogen-bond acceptors (Lipinski definition) is 6. The van der Waals surface area contributed by atoms with Gasteiger partial charge in [0.25, 0.3) is 0 Å². The summed E-state index contributed by atoms with van der Waals surface area (Å²) in [6, 6.07) is 1.82. The van der Waals surface area contributed by atoms with E-state index in [1.54, 1.807) is 37.2 Å². The molecule has 0 saturated carbocycles. The summed E-state index contributed by atoms with van der Waals surface area (Å²) in [6.45, 7) is 7.11. The molecule has 1 aromatic carbocycles. The van der Waals surface area contributed by atoms with E-state index < -0.39 is 18.0 Å². The Bertz CT molecular complexity index is 911. The molecular formula is C22H29Cl2N5O3. The maximum atomic E-state index is 12.9. The van der Waals surface area contributed by atoms with Crippen LogP contribution in [0.25, 0.3) is 5.70 Å². The average Bonchev–Trinajstić information content (AvgIpc) is 2.80. The van der Waals surface area contributed by atoms with Gasteiger partial charge in [-0.1, -0.05) is 35.3 Å². The Morgan fingerprint density at radius 3 is 2.53 bits per heavy atom. The molecule has 10 heteroatoms. The monoisotopic (exact) mass is 481 g/mol.